The number of hydrogen-bond donors (Lipinski definition) is 8. The molecule has 0 spiro atoms. The van der Waals surface area contributed by atoms with Crippen LogP contribution in [0.4, 0.5) is 31.9 Å². The van der Waals surface area contributed by atoms with Gasteiger partial charge in [-0.25, -0.2) is 36.7 Å². The molecule has 0 aliphatic carbocycles. The van der Waals surface area contributed by atoms with E-state index in [0.717, 1.165) is 16.7 Å². The molecular formula is C83H95ClF4N12O13. The number of ether oxygens (including phenoxy) is 3. The molecule has 600 valence electrons. The van der Waals surface area contributed by atoms with E-state index in [2.05, 4.69) is 46.5 Å². The Morgan fingerprint density at radius 2 is 0.743 bits per heavy atom. The number of amides is 3. The maximum Gasteiger partial charge on any atom is 0.407 e. The summed E-state index contributed by atoms with van der Waals surface area (Å²) in [4.78, 5) is 72.9. The van der Waals surface area contributed by atoms with Crippen LogP contribution in [-0.4, -0.2) is 113 Å². The van der Waals surface area contributed by atoms with Gasteiger partial charge in [0.05, 0.1) is 12.8 Å². The first kappa shape index (κ1) is 91.1. The van der Waals surface area contributed by atoms with Crippen LogP contribution in [0.15, 0.2) is 238 Å². The number of alkyl carbamates (subject to hydrolysis) is 3. The highest BCUT2D eigenvalue weighted by Crippen LogP contribution is 2.22. The van der Waals surface area contributed by atoms with Gasteiger partial charge in [-0.2, -0.15) is 9.97 Å². The van der Waals surface area contributed by atoms with Crippen molar-refractivity contribution in [3.8, 4) is 22.8 Å². The molecule has 10 rings (SSSR count). The van der Waals surface area contributed by atoms with Crippen LogP contribution < -0.4 is 33.2 Å². The van der Waals surface area contributed by atoms with E-state index < -0.39 is 76.8 Å². The van der Waals surface area contributed by atoms with E-state index in [1.807, 2.05) is 84.9 Å². The fourth-order valence-corrected chi connectivity index (χ4v) is 10.1. The molecule has 0 bridgehead atoms. The normalized spacial score (nSPS) is 12.3. The van der Waals surface area contributed by atoms with Gasteiger partial charge in [0.1, 0.15) is 40.1 Å². The number of nitrogens with one attached hydrogen (secondary N) is 3. The molecule has 30 heteroatoms. The van der Waals surface area contributed by atoms with Crippen molar-refractivity contribution in [2.75, 3.05) is 0 Å². The third-order valence-corrected chi connectivity index (χ3v) is 15.1. The first-order valence-electron chi connectivity index (χ1n) is 35.4. The predicted molar refractivity (Wildman–Crippen MR) is 421 cm³/mol. The average molecular weight is 1580 g/mol. The van der Waals surface area contributed by atoms with Gasteiger partial charge in [0.2, 0.25) is 23.4 Å². The molecule has 113 heavy (non-hydrogen) atoms. The van der Waals surface area contributed by atoms with Gasteiger partial charge in [-0.1, -0.05) is 215 Å². The quantitative estimate of drug-likeness (QED) is 0.00530. The lowest BCUT2D eigenvalue weighted by Crippen LogP contribution is -2.41. The number of carboxylic acid groups (broad SMARTS) is 1. The molecule has 0 radical (unpaired) electrons. The zero-order valence-corrected chi connectivity index (χ0v) is 64.8. The number of halogens is 5. The Balaban J connectivity index is 0.000000260. The Morgan fingerprint density at radius 1 is 0.434 bits per heavy atom. The average Bonchev–Trinajstić information content (AvgIpc) is 1.75. The number of benzene rings is 8. The number of aromatic nitrogens is 4. The van der Waals surface area contributed by atoms with Crippen molar-refractivity contribution in [2.45, 2.75) is 155 Å². The summed E-state index contributed by atoms with van der Waals surface area (Å²) in [5.41, 5.74) is 19.9. The van der Waals surface area contributed by atoms with Gasteiger partial charge >= 0.3 is 30.2 Å². The molecular weight excluding hydrogens is 1480 g/mol. The fourth-order valence-electron chi connectivity index (χ4n) is 10.1. The maximum absolute atomic E-state index is 14.1. The number of aliphatic carboxylic acids is 1. The van der Waals surface area contributed by atoms with Gasteiger partial charge in [-0.15, -0.1) is 12.4 Å². The highest BCUT2D eigenvalue weighted by molar-refractivity contribution is 5.97. The Kier molecular flexibility index (Phi) is 36.8. The molecule has 0 saturated heterocycles. The minimum atomic E-state index is -1.08. The third kappa shape index (κ3) is 35.4. The van der Waals surface area contributed by atoms with Gasteiger partial charge in [0.15, 0.2) is 11.7 Å². The summed E-state index contributed by atoms with van der Waals surface area (Å²) < 4.78 is 81.6. The Labute approximate surface area is 659 Å². The van der Waals surface area contributed by atoms with Crippen molar-refractivity contribution >= 4 is 54.3 Å². The largest absolute Gasteiger partial charge is 0.481 e. The van der Waals surface area contributed by atoms with E-state index in [-0.39, 0.29) is 80.3 Å². The summed E-state index contributed by atoms with van der Waals surface area (Å²) in [5.74, 6) is -1.27. The lowest BCUT2D eigenvalue weighted by Gasteiger charge is -2.23. The van der Waals surface area contributed by atoms with E-state index in [1.54, 1.807) is 172 Å². The fraction of sp³-hybridized carbons (Fsp3) is 0.289. The minimum Gasteiger partial charge on any atom is -0.481 e. The summed E-state index contributed by atoms with van der Waals surface area (Å²) in [5, 5.41) is 39.4. The van der Waals surface area contributed by atoms with Gasteiger partial charge in [-0.05, 0) is 135 Å². The van der Waals surface area contributed by atoms with Crippen LogP contribution in [0, 0.1) is 23.3 Å². The van der Waals surface area contributed by atoms with Crippen LogP contribution in [0.25, 0.3) is 22.8 Å². The summed E-state index contributed by atoms with van der Waals surface area (Å²) in [6.07, 6.45) is -1.09. The van der Waals surface area contributed by atoms with Crippen LogP contribution in [0.5, 0.6) is 0 Å². The van der Waals surface area contributed by atoms with E-state index >= 15 is 0 Å². The molecule has 10 aromatic rings. The van der Waals surface area contributed by atoms with Crippen molar-refractivity contribution in [3.05, 3.63) is 287 Å². The van der Waals surface area contributed by atoms with Crippen molar-refractivity contribution < 1.29 is 79.9 Å². The van der Waals surface area contributed by atoms with Gasteiger partial charge in [0.25, 0.3) is 0 Å². The summed E-state index contributed by atoms with van der Waals surface area (Å²) in [6.45, 7) is 15.6. The van der Waals surface area contributed by atoms with Crippen molar-refractivity contribution in [3.63, 3.8) is 0 Å². The topological polar surface area (TPSA) is 379 Å². The van der Waals surface area contributed by atoms with E-state index in [4.69, 9.17) is 55.6 Å². The number of carboxylic acids is 1. The Hall–Kier alpha value is -12.5. The molecule has 0 saturated carbocycles. The lowest BCUT2D eigenvalue weighted by molar-refractivity contribution is -0.144. The van der Waals surface area contributed by atoms with Gasteiger partial charge in [0, 0.05) is 59.3 Å². The van der Waals surface area contributed by atoms with Gasteiger partial charge in [-0.3, -0.25) is 4.79 Å². The van der Waals surface area contributed by atoms with Crippen LogP contribution in [0.3, 0.4) is 0 Å². The molecule has 0 unspecified atom stereocenters. The van der Waals surface area contributed by atoms with E-state index in [0.29, 0.717) is 64.1 Å². The van der Waals surface area contributed by atoms with Crippen LogP contribution in [-0.2, 0) is 67.2 Å². The SMILES string of the molecule is CC(C)(C)OC(=O)N[C@@H](CC(=O)O)Cc1ccccc1F.CC(C)(C)OC(=O)N[C@@H](CC(=O)O/N=C(\N)c1ccccc1)Cc1ccccc1F.CC(C)(C)OC(=O)N[C@@H](Cc1nc(-c2ccccc2)no1)Cc1ccccc1F.Cl.N/C(=N\O)c1ccccc1.N[C@@H](Cc1nc(-c2ccccc2)no1)Cc1ccccc1F. The number of carbonyl (C=O) groups excluding carboxylic acids is 4. The van der Waals surface area contributed by atoms with Gasteiger partial charge < -0.3 is 71.6 Å². The third-order valence-electron chi connectivity index (χ3n) is 15.1. The first-order chi connectivity index (χ1) is 53.2. The highest BCUT2D eigenvalue weighted by Gasteiger charge is 2.27. The van der Waals surface area contributed by atoms with E-state index in [9.17, 15) is 41.5 Å². The van der Waals surface area contributed by atoms with Crippen molar-refractivity contribution in [1.29, 1.82) is 0 Å². The monoisotopic (exact) mass is 1580 g/mol. The Morgan fingerprint density at radius 3 is 1.10 bits per heavy atom. The standard InChI is InChI=1S/C22H26FN3O4.C22H24FN3O3.C17H16FN3O.C15H20FNO4.C7H8N2O.ClH/c1-22(2,3)29-21(28)25-17(13-16-11-7-8-12-18(16)23)14-19(27)30-26-20(24)15-9-5-4-6-10-15;1-22(2,3)28-21(27)24-17(13-16-11-7-8-12-18(16)23)14-19-25-20(26-29-19)15-9-5-4-6-10-15;18-15-9-5-4-8-13(15)10-14(19)11-16-20-17(21-22-16)12-6-2-1-3-7-12;1-15(2,3)21-14(20)17-11(9-13(18)19)8-10-6-4-5-7-12(10)16;8-7(9-10)6-4-2-1-3-5-6;/h4-12,17H,13-14H2,1-3H3,(H2,24,26)(H,25,28);4-12,17H,13-14H2,1-3H3,(H,24,27);1-9,14H,10-11,19H2;4-7,11H,8-9H2,1-3H3,(H,17,20)(H,18,19);1-5,10H,(H2,8,9);1H/t2*17-;14-;11-;;/m1111../s1. The molecule has 2 aromatic heterocycles. The second-order valence-corrected chi connectivity index (χ2v) is 28.1. The van der Waals surface area contributed by atoms with E-state index in [1.165, 1.54) is 24.3 Å². The smallest absolute Gasteiger partial charge is 0.407 e. The summed E-state index contributed by atoms with van der Waals surface area (Å²) in [7, 11) is 0. The second kappa shape index (κ2) is 45.6. The highest BCUT2D eigenvalue weighted by atomic mass is 35.5. The number of hydrogen-bond acceptors (Lipinski definition) is 19. The molecule has 25 nitrogen and oxygen atoms in total. The van der Waals surface area contributed by atoms with Crippen LogP contribution in [0.1, 0.15) is 120 Å². The molecule has 0 aliphatic rings. The van der Waals surface area contributed by atoms with Crippen LogP contribution >= 0.6 is 12.4 Å². The number of rotatable bonds is 24. The van der Waals surface area contributed by atoms with Crippen molar-refractivity contribution in [1.82, 2.24) is 36.2 Å². The number of amidine groups is 2. The zero-order valence-electron chi connectivity index (χ0n) is 64.0. The second-order valence-electron chi connectivity index (χ2n) is 28.1. The molecule has 3 amide bonds. The number of oxime groups is 2. The first-order valence-corrected chi connectivity index (χ1v) is 35.4. The summed E-state index contributed by atoms with van der Waals surface area (Å²) >= 11 is 0. The molecule has 11 N–H and O–H groups in total. The predicted octanol–water partition coefficient (Wildman–Crippen LogP) is 15.0. The van der Waals surface area contributed by atoms with Crippen molar-refractivity contribution in [2.24, 2.45) is 27.5 Å². The minimum absolute atomic E-state index is 0. The maximum atomic E-state index is 14.1. The number of carbonyl (C=O) groups is 5. The summed E-state index contributed by atoms with van der Waals surface area (Å²) in [6, 6.07) is 59.9. The molecule has 4 atom stereocenters. The molecule has 8 aromatic carbocycles. The molecule has 2 heterocycles. The number of nitrogens with zero attached hydrogens (tertiary/aromatic N) is 6. The lowest BCUT2D eigenvalue weighted by atomic mass is 10.0. The van der Waals surface area contributed by atoms with Crippen LogP contribution in [0.2, 0.25) is 0 Å². The Bertz CT molecular complexity index is 4640. The molecule has 0 aliphatic heterocycles. The zero-order chi connectivity index (χ0) is 81.8. The molecule has 0 fully saturated rings. The number of nitrogens with two attached hydrogens (primary N) is 3.